The summed E-state index contributed by atoms with van der Waals surface area (Å²) < 4.78 is 27.0. The van der Waals surface area contributed by atoms with Gasteiger partial charge in [0.15, 0.2) is 0 Å². The van der Waals surface area contributed by atoms with E-state index in [4.69, 9.17) is 5.73 Å². The maximum absolute atomic E-state index is 12.8. The van der Waals surface area contributed by atoms with Crippen LogP contribution >= 0.6 is 12.4 Å². The molecule has 0 aliphatic rings. The zero-order valence-corrected chi connectivity index (χ0v) is 18.7. The van der Waals surface area contributed by atoms with E-state index in [9.17, 15) is 13.2 Å². The minimum Gasteiger partial charge on any atom is -0.341 e. The van der Waals surface area contributed by atoms with Crippen molar-refractivity contribution in [2.45, 2.75) is 45.4 Å². The van der Waals surface area contributed by atoms with E-state index < -0.39 is 10.0 Å². The van der Waals surface area contributed by atoms with Crippen molar-refractivity contribution in [3.63, 3.8) is 0 Å². The Hall–Kier alpha value is -1.15. The van der Waals surface area contributed by atoms with Gasteiger partial charge in [0.05, 0.1) is 4.90 Å². The number of carbonyl (C=O) groups excluding carboxylic acids is 1. The zero-order valence-electron chi connectivity index (χ0n) is 17.1. The number of carbonyl (C=O) groups is 1. The average Bonchev–Trinajstić information content (AvgIpc) is 2.60. The second-order valence-corrected chi connectivity index (χ2v) is 9.40. The Morgan fingerprint density at radius 1 is 1.07 bits per heavy atom. The largest absolute Gasteiger partial charge is 0.341 e. The summed E-state index contributed by atoms with van der Waals surface area (Å²) in [6, 6.07) is 6.19. The summed E-state index contributed by atoms with van der Waals surface area (Å²) in [5, 5.41) is 0. The van der Waals surface area contributed by atoms with Gasteiger partial charge in [-0.15, -0.1) is 12.4 Å². The van der Waals surface area contributed by atoms with Crippen LogP contribution in [0.15, 0.2) is 29.2 Å². The van der Waals surface area contributed by atoms with E-state index in [-0.39, 0.29) is 28.6 Å². The minimum atomic E-state index is -3.53. The Labute approximate surface area is 170 Å². The predicted octanol–water partition coefficient (Wildman–Crippen LogP) is 2.98. The number of nitrogens with two attached hydrogens (primary N) is 1. The lowest BCUT2D eigenvalue weighted by Crippen LogP contribution is -2.39. The maximum atomic E-state index is 12.8. The summed E-state index contributed by atoms with van der Waals surface area (Å²) in [7, 11) is -1.80. The quantitative estimate of drug-likeness (QED) is 0.631. The minimum absolute atomic E-state index is 0. The molecule has 27 heavy (non-hydrogen) atoms. The van der Waals surface area contributed by atoms with Gasteiger partial charge in [-0.05, 0) is 49.1 Å². The van der Waals surface area contributed by atoms with Gasteiger partial charge in [-0.1, -0.05) is 27.7 Å². The molecule has 0 unspecified atom stereocenters. The van der Waals surface area contributed by atoms with Crippen LogP contribution in [-0.2, 0) is 10.0 Å². The van der Waals surface area contributed by atoms with Gasteiger partial charge in [-0.2, -0.15) is 4.31 Å². The Kier molecular flexibility index (Phi) is 10.5. The highest BCUT2D eigenvalue weighted by molar-refractivity contribution is 7.89. The molecule has 0 radical (unpaired) electrons. The number of hydrogen-bond acceptors (Lipinski definition) is 4. The van der Waals surface area contributed by atoms with Crippen LogP contribution in [-0.4, -0.2) is 56.8 Å². The third-order valence-electron chi connectivity index (χ3n) is 4.25. The molecule has 6 nitrogen and oxygen atoms in total. The molecular formula is C19H34ClN3O3S. The summed E-state index contributed by atoms with van der Waals surface area (Å²) >= 11 is 0. The molecule has 0 aromatic heterocycles. The van der Waals surface area contributed by atoms with Gasteiger partial charge in [-0.3, -0.25) is 4.79 Å². The molecule has 0 aliphatic heterocycles. The zero-order chi connectivity index (χ0) is 20.0. The fourth-order valence-corrected chi connectivity index (χ4v) is 4.39. The maximum Gasteiger partial charge on any atom is 0.253 e. The number of sulfonamides is 1. The van der Waals surface area contributed by atoms with E-state index >= 15 is 0 Å². The van der Waals surface area contributed by atoms with Gasteiger partial charge in [0.1, 0.15) is 0 Å². The topological polar surface area (TPSA) is 83.7 Å². The van der Waals surface area contributed by atoms with Crippen LogP contribution in [0.4, 0.5) is 0 Å². The number of rotatable bonds is 10. The van der Waals surface area contributed by atoms with Crippen molar-refractivity contribution in [1.29, 1.82) is 0 Å². The first-order chi connectivity index (χ1) is 12.1. The average molecular weight is 420 g/mol. The molecule has 1 aromatic rings. The summed E-state index contributed by atoms with van der Waals surface area (Å²) in [6.07, 6.45) is 1.52. The third-order valence-corrected chi connectivity index (χ3v) is 6.16. The Bertz CT molecular complexity index is 685. The molecule has 0 saturated carbocycles. The molecule has 156 valence electrons. The van der Waals surface area contributed by atoms with Crippen LogP contribution in [0.5, 0.6) is 0 Å². The van der Waals surface area contributed by atoms with E-state index in [2.05, 4.69) is 0 Å². The van der Waals surface area contributed by atoms with Crippen LogP contribution in [0.2, 0.25) is 0 Å². The molecule has 1 amide bonds. The van der Waals surface area contributed by atoms with Gasteiger partial charge in [0.25, 0.3) is 5.91 Å². The van der Waals surface area contributed by atoms with Crippen molar-refractivity contribution >= 4 is 28.3 Å². The fourth-order valence-electron chi connectivity index (χ4n) is 2.77. The van der Waals surface area contributed by atoms with Crippen molar-refractivity contribution in [3.8, 4) is 0 Å². The van der Waals surface area contributed by atoms with Gasteiger partial charge in [0.2, 0.25) is 10.0 Å². The van der Waals surface area contributed by atoms with Crippen LogP contribution in [0.1, 0.15) is 50.9 Å². The molecule has 0 heterocycles. The second kappa shape index (κ2) is 11.0. The number of nitrogens with zero attached hydrogens (tertiary/aromatic N) is 2. The van der Waals surface area contributed by atoms with Gasteiger partial charge < -0.3 is 10.6 Å². The molecular weight excluding hydrogens is 386 g/mol. The monoisotopic (exact) mass is 419 g/mol. The SMILES string of the molecule is CCCN(CCC)S(=O)(=O)c1ccc(C(=O)N(C)CC(C)(C)CN)cc1.Cl. The lowest BCUT2D eigenvalue weighted by Gasteiger charge is -2.29. The number of amides is 1. The van der Waals surface area contributed by atoms with Crippen molar-refractivity contribution < 1.29 is 13.2 Å². The Morgan fingerprint density at radius 3 is 1.96 bits per heavy atom. The van der Waals surface area contributed by atoms with Crippen molar-refractivity contribution in [2.75, 3.05) is 33.2 Å². The standard InChI is InChI=1S/C19H33N3O3S.ClH/c1-6-12-22(13-7-2)26(24,25)17-10-8-16(9-11-17)18(23)21(5)15-19(3,4)14-20;/h8-11H,6-7,12-15,20H2,1-5H3;1H. The molecule has 0 fully saturated rings. The molecule has 0 saturated heterocycles. The summed E-state index contributed by atoms with van der Waals surface area (Å²) in [5.41, 5.74) is 6.03. The molecule has 8 heteroatoms. The first-order valence-electron chi connectivity index (χ1n) is 9.14. The predicted molar refractivity (Wildman–Crippen MR) is 113 cm³/mol. The summed E-state index contributed by atoms with van der Waals surface area (Å²) in [5.74, 6) is -0.144. The van der Waals surface area contributed by atoms with E-state index in [1.54, 1.807) is 24.1 Å². The van der Waals surface area contributed by atoms with Crippen LogP contribution in [0.25, 0.3) is 0 Å². The van der Waals surface area contributed by atoms with E-state index in [1.165, 1.54) is 16.4 Å². The number of halogens is 1. The molecule has 1 aromatic carbocycles. The van der Waals surface area contributed by atoms with Gasteiger partial charge >= 0.3 is 0 Å². The summed E-state index contributed by atoms with van der Waals surface area (Å²) in [4.78, 5) is 14.4. The van der Waals surface area contributed by atoms with Crippen molar-refractivity contribution in [2.24, 2.45) is 11.1 Å². The third kappa shape index (κ3) is 7.07. The van der Waals surface area contributed by atoms with Crippen molar-refractivity contribution in [3.05, 3.63) is 29.8 Å². The van der Waals surface area contributed by atoms with Crippen LogP contribution in [0, 0.1) is 5.41 Å². The number of benzene rings is 1. The smallest absolute Gasteiger partial charge is 0.253 e. The van der Waals surface area contributed by atoms with E-state index in [1.807, 2.05) is 27.7 Å². The molecule has 0 aliphatic carbocycles. The highest BCUT2D eigenvalue weighted by atomic mass is 35.5. The fraction of sp³-hybridized carbons (Fsp3) is 0.632. The lowest BCUT2D eigenvalue weighted by molar-refractivity contribution is 0.0740. The first-order valence-corrected chi connectivity index (χ1v) is 10.6. The van der Waals surface area contributed by atoms with E-state index in [0.717, 1.165) is 12.8 Å². The number of hydrogen-bond donors (Lipinski definition) is 1. The van der Waals surface area contributed by atoms with Gasteiger partial charge in [0, 0.05) is 32.2 Å². The van der Waals surface area contributed by atoms with E-state index in [0.29, 0.717) is 31.7 Å². The molecule has 1 rings (SSSR count). The highest BCUT2D eigenvalue weighted by Gasteiger charge is 2.25. The Balaban J connectivity index is 0.00000676. The molecule has 2 N–H and O–H groups in total. The molecule has 0 bridgehead atoms. The Morgan fingerprint density at radius 2 is 1.56 bits per heavy atom. The normalized spacial score (nSPS) is 12.0. The lowest BCUT2D eigenvalue weighted by atomic mass is 9.93. The van der Waals surface area contributed by atoms with Crippen molar-refractivity contribution in [1.82, 2.24) is 9.21 Å². The molecule has 0 spiro atoms. The highest BCUT2D eigenvalue weighted by Crippen LogP contribution is 2.19. The van der Waals surface area contributed by atoms with Gasteiger partial charge in [-0.25, -0.2) is 8.42 Å². The van der Waals surface area contributed by atoms with Crippen LogP contribution < -0.4 is 5.73 Å². The van der Waals surface area contributed by atoms with Crippen LogP contribution in [0.3, 0.4) is 0 Å². The molecule has 0 atom stereocenters. The second-order valence-electron chi connectivity index (χ2n) is 7.46. The first kappa shape index (κ1) is 25.9. The summed E-state index contributed by atoms with van der Waals surface area (Å²) in [6.45, 7) is 9.92.